The third kappa shape index (κ3) is 9.38. The normalized spacial score (nSPS) is 11.3. The Hall–Kier alpha value is 0.440. The number of hydrogen-bond acceptors (Lipinski definition) is 0. The molecule has 0 saturated heterocycles. The van der Waals surface area contributed by atoms with Gasteiger partial charge >= 0.3 is 0 Å². The van der Waals surface area contributed by atoms with Crippen LogP contribution in [0.5, 0.6) is 0 Å². The van der Waals surface area contributed by atoms with Crippen molar-refractivity contribution in [2.24, 2.45) is 0 Å². The van der Waals surface area contributed by atoms with Crippen LogP contribution in [0.15, 0.2) is 0 Å². The molecular formula is C16H36BrN. The second-order valence-corrected chi connectivity index (χ2v) is 5.49. The average molecular weight is 322 g/mol. The first-order valence-electron chi connectivity index (χ1n) is 8.09. The van der Waals surface area contributed by atoms with Crippen LogP contribution in [0.1, 0.15) is 79.1 Å². The first-order valence-corrected chi connectivity index (χ1v) is 8.09. The molecule has 0 unspecified atom stereocenters. The van der Waals surface area contributed by atoms with Crippen molar-refractivity contribution in [1.82, 2.24) is 0 Å². The Morgan fingerprint density at radius 3 is 1.33 bits per heavy atom. The van der Waals surface area contributed by atoms with E-state index in [1.807, 2.05) is 0 Å². The number of quaternary nitrogens is 1. The molecule has 0 aliphatic heterocycles. The zero-order chi connectivity index (χ0) is 13.0. The molecule has 0 aliphatic carbocycles. The third-order valence-electron chi connectivity index (χ3n) is 4.50. The van der Waals surface area contributed by atoms with Crippen molar-refractivity contribution in [3.8, 4) is 0 Å². The second kappa shape index (κ2) is 13.9. The minimum Gasteiger partial charge on any atom is -1.00 e. The van der Waals surface area contributed by atoms with Gasteiger partial charge in [0.2, 0.25) is 0 Å². The maximum absolute atomic E-state index is 2.34. The Kier molecular flexibility index (Phi) is 16.0. The van der Waals surface area contributed by atoms with E-state index in [1.54, 1.807) is 0 Å². The van der Waals surface area contributed by atoms with Gasteiger partial charge < -0.3 is 21.5 Å². The summed E-state index contributed by atoms with van der Waals surface area (Å²) in [6.45, 7) is 14.7. The minimum atomic E-state index is 0. The van der Waals surface area contributed by atoms with Gasteiger partial charge in [0.15, 0.2) is 0 Å². The van der Waals surface area contributed by atoms with E-state index in [-0.39, 0.29) is 17.0 Å². The van der Waals surface area contributed by atoms with Gasteiger partial charge in [-0.05, 0) is 33.6 Å². The molecule has 0 radical (unpaired) electrons. The summed E-state index contributed by atoms with van der Waals surface area (Å²) in [7, 11) is 0. The van der Waals surface area contributed by atoms with Crippen molar-refractivity contribution >= 4 is 0 Å². The summed E-state index contributed by atoms with van der Waals surface area (Å²) < 4.78 is 1.33. The first kappa shape index (κ1) is 20.8. The van der Waals surface area contributed by atoms with Crippen LogP contribution in [0.3, 0.4) is 0 Å². The Bertz CT molecular complexity index is 147. The van der Waals surface area contributed by atoms with Gasteiger partial charge in [-0.25, -0.2) is 0 Å². The predicted octanol–water partition coefficient (Wildman–Crippen LogP) is 2.01. The quantitative estimate of drug-likeness (QED) is 0.381. The molecule has 0 bridgehead atoms. The van der Waals surface area contributed by atoms with E-state index in [0.29, 0.717) is 0 Å². The third-order valence-corrected chi connectivity index (χ3v) is 4.50. The zero-order valence-electron chi connectivity index (χ0n) is 13.3. The van der Waals surface area contributed by atoms with Crippen LogP contribution in [0.2, 0.25) is 0 Å². The summed E-state index contributed by atoms with van der Waals surface area (Å²) in [5.74, 6) is 0. The monoisotopic (exact) mass is 321 g/mol. The summed E-state index contributed by atoms with van der Waals surface area (Å²) in [6, 6.07) is 0. The highest BCUT2D eigenvalue weighted by Crippen LogP contribution is 2.12. The van der Waals surface area contributed by atoms with Crippen LogP contribution < -0.4 is 17.0 Å². The Balaban J connectivity index is 0. The zero-order valence-corrected chi connectivity index (χ0v) is 14.9. The van der Waals surface area contributed by atoms with Crippen molar-refractivity contribution in [2.45, 2.75) is 79.1 Å². The van der Waals surface area contributed by atoms with Crippen molar-refractivity contribution in [2.75, 3.05) is 26.2 Å². The fourth-order valence-corrected chi connectivity index (χ4v) is 2.73. The number of nitrogens with zero attached hydrogens (tertiary/aromatic N) is 1. The van der Waals surface area contributed by atoms with Gasteiger partial charge in [-0.3, -0.25) is 0 Å². The maximum atomic E-state index is 2.34. The molecule has 0 aliphatic rings. The van der Waals surface area contributed by atoms with E-state index in [9.17, 15) is 0 Å². The molecule has 2 heteroatoms. The van der Waals surface area contributed by atoms with E-state index < -0.39 is 0 Å². The van der Waals surface area contributed by atoms with Crippen molar-refractivity contribution < 1.29 is 21.5 Å². The topological polar surface area (TPSA) is 0 Å². The maximum Gasteiger partial charge on any atom is 0.0786 e. The lowest BCUT2D eigenvalue weighted by Gasteiger charge is -2.35. The molecule has 0 aromatic rings. The van der Waals surface area contributed by atoms with E-state index in [2.05, 4.69) is 27.7 Å². The number of rotatable bonds is 12. The van der Waals surface area contributed by atoms with Crippen molar-refractivity contribution in [1.29, 1.82) is 0 Å². The van der Waals surface area contributed by atoms with Gasteiger partial charge in [-0.1, -0.05) is 45.4 Å². The van der Waals surface area contributed by atoms with E-state index in [1.165, 1.54) is 82.0 Å². The van der Waals surface area contributed by atoms with Crippen LogP contribution >= 0.6 is 0 Å². The molecule has 0 aromatic heterocycles. The van der Waals surface area contributed by atoms with Gasteiger partial charge in [-0.2, -0.15) is 0 Å². The fraction of sp³-hybridized carbons (Fsp3) is 1.00. The molecular weight excluding hydrogens is 286 g/mol. The smallest absolute Gasteiger partial charge is 0.0786 e. The predicted molar refractivity (Wildman–Crippen MR) is 79.4 cm³/mol. The molecule has 0 spiro atoms. The van der Waals surface area contributed by atoms with Crippen LogP contribution in [0.4, 0.5) is 0 Å². The molecule has 112 valence electrons. The number of halogens is 1. The lowest BCUT2D eigenvalue weighted by Crippen LogP contribution is -3.00. The molecule has 0 aromatic carbocycles. The van der Waals surface area contributed by atoms with Crippen LogP contribution in [-0.2, 0) is 0 Å². The average Bonchev–Trinajstić information content (AvgIpc) is 2.38. The Labute approximate surface area is 127 Å². The Morgan fingerprint density at radius 1 is 0.556 bits per heavy atom. The van der Waals surface area contributed by atoms with Crippen molar-refractivity contribution in [3.63, 3.8) is 0 Å². The highest BCUT2D eigenvalue weighted by molar-refractivity contribution is 4.47. The Morgan fingerprint density at radius 2 is 0.944 bits per heavy atom. The molecule has 1 nitrogen and oxygen atoms in total. The van der Waals surface area contributed by atoms with E-state index in [4.69, 9.17) is 0 Å². The van der Waals surface area contributed by atoms with E-state index in [0.717, 1.165) is 0 Å². The molecule has 0 fully saturated rings. The van der Waals surface area contributed by atoms with Gasteiger partial charge in [0.05, 0.1) is 26.2 Å². The minimum absolute atomic E-state index is 0. The molecule has 0 rings (SSSR count). The van der Waals surface area contributed by atoms with Gasteiger partial charge in [0, 0.05) is 0 Å². The molecule has 0 amide bonds. The second-order valence-electron chi connectivity index (χ2n) is 5.49. The van der Waals surface area contributed by atoms with E-state index >= 15 is 0 Å². The standard InChI is InChI=1S/C16H36N.BrH/c1-5-9-10-11-12-13-14-15-16-17(6-2,7-3)8-4;/h5-16H2,1-4H3;1H/q+1;/p-1. The van der Waals surface area contributed by atoms with Gasteiger partial charge in [-0.15, -0.1) is 0 Å². The highest BCUT2D eigenvalue weighted by Gasteiger charge is 2.19. The molecule has 0 N–H and O–H groups in total. The first-order chi connectivity index (χ1) is 8.24. The molecule has 18 heavy (non-hydrogen) atoms. The molecule has 0 saturated carbocycles. The lowest BCUT2D eigenvalue weighted by molar-refractivity contribution is -0.923. The summed E-state index contributed by atoms with van der Waals surface area (Å²) >= 11 is 0. The number of hydrogen-bond donors (Lipinski definition) is 0. The summed E-state index contributed by atoms with van der Waals surface area (Å²) in [6.07, 6.45) is 11.5. The summed E-state index contributed by atoms with van der Waals surface area (Å²) in [4.78, 5) is 0. The fourth-order valence-electron chi connectivity index (χ4n) is 2.73. The van der Waals surface area contributed by atoms with Crippen molar-refractivity contribution in [3.05, 3.63) is 0 Å². The highest BCUT2D eigenvalue weighted by atomic mass is 79.9. The molecule has 0 atom stereocenters. The SMILES string of the molecule is CCCCCCCCCC[N+](CC)(CC)CC.[Br-]. The van der Waals surface area contributed by atoms with Gasteiger partial charge in [0.1, 0.15) is 0 Å². The largest absolute Gasteiger partial charge is 1.00 e. The van der Waals surface area contributed by atoms with Crippen LogP contribution in [0, 0.1) is 0 Å². The summed E-state index contributed by atoms with van der Waals surface area (Å²) in [5.41, 5.74) is 0. The molecule has 0 heterocycles. The van der Waals surface area contributed by atoms with Gasteiger partial charge in [0.25, 0.3) is 0 Å². The lowest BCUT2D eigenvalue weighted by atomic mass is 10.1. The summed E-state index contributed by atoms with van der Waals surface area (Å²) in [5, 5.41) is 0. The van der Waals surface area contributed by atoms with Crippen LogP contribution in [-0.4, -0.2) is 30.7 Å². The number of unbranched alkanes of at least 4 members (excludes halogenated alkanes) is 7. The van der Waals surface area contributed by atoms with Crippen LogP contribution in [0.25, 0.3) is 0 Å².